The Morgan fingerprint density at radius 3 is 2.45 bits per heavy atom. The number of halogens is 2. The summed E-state index contributed by atoms with van der Waals surface area (Å²) < 4.78 is 38.2. The number of rotatable bonds is 3. The average molecular weight is 349 g/mol. The summed E-state index contributed by atoms with van der Waals surface area (Å²) in [5.74, 6) is -1.04. The second-order valence-electron chi connectivity index (χ2n) is 5.43. The molecule has 1 aliphatic heterocycles. The lowest BCUT2D eigenvalue weighted by atomic mass is 10.0. The highest BCUT2D eigenvalue weighted by Crippen LogP contribution is 2.21. The van der Waals surface area contributed by atoms with E-state index in [-0.39, 0.29) is 16.6 Å². The molecule has 1 heterocycles. The van der Waals surface area contributed by atoms with Crippen LogP contribution in [0.5, 0.6) is 0 Å². The van der Waals surface area contributed by atoms with Crippen molar-refractivity contribution in [1.82, 2.24) is 9.21 Å². The lowest BCUT2D eigenvalue weighted by molar-refractivity contribution is 0.0681. The van der Waals surface area contributed by atoms with E-state index in [1.807, 2.05) is 0 Å². The predicted molar refractivity (Wildman–Crippen MR) is 82.9 cm³/mol. The molecule has 2 rings (SSSR count). The van der Waals surface area contributed by atoms with Crippen molar-refractivity contribution in [3.05, 3.63) is 34.6 Å². The van der Waals surface area contributed by atoms with Crippen LogP contribution in [0.25, 0.3) is 0 Å². The number of benzene rings is 1. The minimum Gasteiger partial charge on any atom is -0.338 e. The monoisotopic (exact) mass is 348 g/mol. The zero-order valence-electron chi connectivity index (χ0n) is 12.4. The molecule has 0 unspecified atom stereocenters. The number of amides is 1. The third-order valence-corrected chi connectivity index (χ3v) is 5.53. The standard InChI is InChI=1S/C14H18ClFN2O3S/c1-17(22(2,20)21)11-5-7-18(8-6-11)14(19)12-4-3-10(15)9-13(12)16/h3-4,9,11H,5-8H2,1-2H3. The first-order valence-electron chi connectivity index (χ1n) is 6.87. The number of likely N-dealkylation sites (tertiary alicyclic amines) is 1. The Labute approximate surface area is 134 Å². The van der Waals surface area contributed by atoms with Crippen molar-refractivity contribution in [3.63, 3.8) is 0 Å². The van der Waals surface area contributed by atoms with Gasteiger partial charge in [-0.25, -0.2) is 17.1 Å². The van der Waals surface area contributed by atoms with E-state index >= 15 is 0 Å². The van der Waals surface area contributed by atoms with Crippen molar-refractivity contribution in [2.24, 2.45) is 0 Å². The van der Waals surface area contributed by atoms with E-state index in [9.17, 15) is 17.6 Å². The van der Waals surface area contributed by atoms with Crippen molar-refractivity contribution in [2.45, 2.75) is 18.9 Å². The first-order chi connectivity index (χ1) is 10.2. The molecule has 0 radical (unpaired) electrons. The SMILES string of the molecule is CN(C1CCN(C(=O)c2ccc(Cl)cc2F)CC1)S(C)(=O)=O. The van der Waals surface area contributed by atoms with Crippen LogP contribution in [0.15, 0.2) is 18.2 Å². The Kier molecular flexibility index (Phi) is 5.09. The molecular weight excluding hydrogens is 331 g/mol. The van der Waals surface area contributed by atoms with Gasteiger partial charge in [0.1, 0.15) is 5.82 Å². The van der Waals surface area contributed by atoms with E-state index in [1.54, 1.807) is 4.90 Å². The van der Waals surface area contributed by atoms with E-state index in [0.29, 0.717) is 25.9 Å². The van der Waals surface area contributed by atoms with Gasteiger partial charge in [0.15, 0.2) is 0 Å². The van der Waals surface area contributed by atoms with Crippen molar-refractivity contribution >= 4 is 27.5 Å². The van der Waals surface area contributed by atoms with Crippen LogP contribution in [-0.2, 0) is 10.0 Å². The molecule has 8 heteroatoms. The molecule has 1 fully saturated rings. The molecule has 0 saturated carbocycles. The summed E-state index contributed by atoms with van der Waals surface area (Å²) in [4.78, 5) is 13.9. The van der Waals surface area contributed by atoms with Crippen molar-refractivity contribution in [1.29, 1.82) is 0 Å². The maximum absolute atomic E-state index is 13.8. The van der Waals surface area contributed by atoms with Crippen LogP contribution in [0.2, 0.25) is 5.02 Å². The Hall–Kier alpha value is -1.18. The molecule has 1 amide bonds. The van der Waals surface area contributed by atoms with Gasteiger partial charge in [0.05, 0.1) is 11.8 Å². The zero-order valence-corrected chi connectivity index (χ0v) is 14.0. The number of hydrogen-bond acceptors (Lipinski definition) is 3. The van der Waals surface area contributed by atoms with Crippen molar-refractivity contribution < 1.29 is 17.6 Å². The maximum Gasteiger partial charge on any atom is 0.256 e. The van der Waals surface area contributed by atoms with Gasteiger partial charge in [0.25, 0.3) is 5.91 Å². The molecule has 1 saturated heterocycles. The van der Waals surface area contributed by atoms with Crippen LogP contribution in [-0.4, -0.2) is 56.0 Å². The van der Waals surface area contributed by atoms with Gasteiger partial charge in [-0.2, -0.15) is 0 Å². The molecule has 1 aromatic rings. The average Bonchev–Trinajstić information content (AvgIpc) is 2.45. The molecule has 0 atom stereocenters. The lowest BCUT2D eigenvalue weighted by Gasteiger charge is -2.35. The van der Waals surface area contributed by atoms with Gasteiger partial charge >= 0.3 is 0 Å². The van der Waals surface area contributed by atoms with Gasteiger partial charge in [0, 0.05) is 31.2 Å². The summed E-state index contributed by atoms with van der Waals surface area (Å²) in [7, 11) is -1.71. The van der Waals surface area contributed by atoms with E-state index in [2.05, 4.69) is 0 Å². The minimum absolute atomic E-state index is 0.0145. The molecule has 0 N–H and O–H groups in total. The van der Waals surface area contributed by atoms with Gasteiger partial charge in [-0.1, -0.05) is 11.6 Å². The van der Waals surface area contributed by atoms with Crippen LogP contribution in [0.1, 0.15) is 23.2 Å². The van der Waals surface area contributed by atoms with E-state index in [1.165, 1.54) is 23.5 Å². The van der Waals surface area contributed by atoms with Gasteiger partial charge in [-0.15, -0.1) is 0 Å². The number of sulfonamides is 1. The molecule has 122 valence electrons. The highest BCUT2D eigenvalue weighted by atomic mass is 35.5. The highest BCUT2D eigenvalue weighted by Gasteiger charge is 2.30. The van der Waals surface area contributed by atoms with Gasteiger partial charge in [-0.3, -0.25) is 4.79 Å². The molecular formula is C14H18ClFN2O3S. The van der Waals surface area contributed by atoms with E-state index in [4.69, 9.17) is 11.6 Å². The molecule has 0 aromatic heterocycles. The third kappa shape index (κ3) is 3.77. The predicted octanol–water partition coefficient (Wildman–Crippen LogP) is 1.98. The molecule has 5 nitrogen and oxygen atoms in total. The highest BCUT2D eigenvalue weighted by molar-refractivity contribution is 7.88. The summed E-state index contributed by atoms with van der Waals surface area (Å²) in [5, 5.41) is 0.238. The number of nitrogens with zero attached hydrogens (tertiary/aromatic N) is 2. The molecule has 1 aliphatic rings. The third-order valence-electron chi connectivity index (χ3n) is 3.95. The van der Waals surface area contributed by atoms with Crippen LogP contribution in [0.4, 0.5) is 4.39 Å². The summed E-state index contributed by atoms with van der Waals surface area (Å²) in [6, 6.07) is 3.82. The Balaban J connectivity index is 2.04. The van der Waals surface area contributed by atoms with Gasteiger partial charge in [0.2, 0.25) is 10.0 Å². The second kappa shape index (κ2) is 6.52. The summed E-state index contributed by atoms with van der Waals surface area (Å²) in [5.41, 5.74) is -0.0145. The molecule has 0 spiro atoms. The Morgan fingerprint density at radius 1 is 1.36 bits per heavy atom. The van der Waals surface area contributed by atoms with Crippen LogP contribution in [0.3, 0.4) is 0 Å². The number of piperidine rings is 1. The maximum atomic E-state index is 13.8. The minimum atomic E-state index is -3.25. The smallest absolute Gasteiger partial charge is 0.256 e. The largest absolute Gasteiger partial charge is 0.338 e. The van der Waals surface area contributed by atoms with Crippen LogP contribution in [0, 0.1) is 5.82 Å². The normalized spacial score (nSPS) is 17.0. The van der Waals surface area contributed by atoms with E-state index in [0.717, 1.165) is 12.3 Å². The molecule has 0 bridgehead atoms. The fraction of sp³-hybridized carbons (Fsp3) is 0.500. The fourth-order valence-electron chi connectivity index (χ4n) is 2.54. The van der Waals surface area contributed by atoms with Crippen molar-refractivity contribution in [2.75, 3.05) is 26.4 Å². The molecule has 1 aromatic carbocycles. The van der Waals surface area contributed by atoms with Gasteiger partial charge < -0.3 is 4.90 Å². The first kappa shape index (κ1) is 17.2. The van der Waals surface area contributed by atoms with Gasteiger partial charge in [-0.05, 0) is 31.0 Å². The summed E-state index contributed by atoms with van der Waals surface area (Å²) in [6.45, 7) is 0.789. The number of carbonyl (C=O) groups excluding carboxylic acids is 1. The Bertz CT molecular complexity index is 673. The number of hydrogen-bond donors (Lipinski definition) is 0. The van der Waals surface area contributed by atoms with Crippen LogP contribution < -0.4 is 0 Å². The molecule has 0 aliphatic carbocycles. The second-order valence-corrected chi connectivity index (χ2v) is 7.91. The van der Waals surface area contributed by atoms with Crippen molar-refractivity contribution in [3.8, 4) is 0 Å². The number of carbonyl (C=O) groups is 1. The summed E-state index contributed by atoms with van der Waals surface area (Å²) >= 11 is 5.68. The van der Waals surface area contributed by atoms with E-state index < -0.39 is 21.7 Å². The lowest BCUT2D eigenvalue weighted by Crippen LogP contribution is -2.47. The zero-order chi connectivity index (χ0) is 16.5. The topological polar surface area (TPSA) is 57.7 Å². The van der Waals surface area contributed by atoms with Crippen LogP contribution >= 0.6 is 11.6 Å². The fourth-order valence-corrected chi connectivity index (χ4v) is 3.45. The Morgan fingerprint density at radius 2 is 1.95 bits per heavy atom. The molecule has 22 heavy (non-hydrogen) atoms. The summed E-state index contributed by atoms with van der Waals surface area (Å²) in [6.07, 6.45) is 2.22. The quantitative estimate of drug-likeness (QED) is 0.839. The first-order valence-corrected chi connectivity index (χ1v) is 9.10.